The number of anilines is 1. The Bertz CT molecular complexity index is 964. The van der Waals surface area contributed by atoms with Crippen LogP contribution in [0, 0.1) is 0 Å². The molecule has 146 valence electrons. The van der Waals surface area contributed by atoms with Crippen molar-refractivity contribution in [3.8, 4) is 11.1 Å². The van der Waals surface area contributed by atoms with E-state index in [2.05, 4.69) is 17.4 Å². The maximum atomic E-state index is 12.8. The number of nitrogens with zero attached hydrogens (tertiary/aromatic N) is 2. The predicted octanol–water partition coefficient (Wildman–Crippen LogP) is 4.34. The van der Waals surface area contributed by atoms with Crippen molar-refractivity contribution in [1.29, 1.82) is 0 Å². The molecule has 0 unspecified atom stereocenters. The zero-order valence-electron chi connectivity index (χ0n) is 16.1. The molecule has 3 amide bonds. The molecule has 5 nitrogen and oxygen atoms in total. The highest BCUT2D eigenvalue weighted by atomic mass is 16.2. The molecule has 0 spiro atoms. The van der Waals surface area contributed by atoms with Gasteiger partial charge in [-0.05, 0) is 35.4 Å². The van der Waals surface area contributed by atoms with Crippen molar-refractivity contribution in [2.45, 2.75) is 0 Å². The monoisotopic (exact) mass is 385 g/mol. The molecule has 1 heterocycles. The van der Waals surface area contributed by atoms with Gasteiger partial charge in [0, 0.05) is 37.4 Å². The molecule has 1 saturated heterocycles. The van der Waals surface area contributed by atoms with Gasteiger partial charge in [-0.3, -0.25) is 4.79 Å². The van der Waals surface area contributed by atoms with Crippen molar-refractivity contribution in [3.63, 3.8) is 0 Å². The van der Waals surface area contributed by atoms with Crippen molar-refractivity contribution in [2.75, 3.05) is 31.5 Å². The van der Waals surface area contributed by atoms with Gasteiger partial charge in [-0.1, -0.05) is 60.7 Å². The molecule has 1 aliphatic heterocycles. The Morgan fingerprint density at radius 3 is 1.76 bits per heavy atom. The van der Waals surface area contributed by atoms with Crippen LogP contribution in [-0.2, 0) is 0 Å². The Kier molecular flexibility index (Phi) is 5.56. The number of hydrogen-bond donors (Lipinski definition) is 1. The molecular weight excluding hydrogens is 362 g/mol. The largest absolute Gasteiger partial charge is 0.335 e. The molecule has 0 radical (unpaired) electrons. The Morgan fingerprint density at radius 2 is 1.14 bits per heavy atom. The van der Waals surface area contributed by atoms with E-state index in [0.29, 0.717) is 31.7 Å². The van der Waals surface area contributed by atoms with E-state index >= 15 is 0 Å². The van der Waals surface area contributed by atoms with Gasteiger partial charge in [0.15, 0.2) is 0 Å². The first kappa shape index (κ1) is 18.7. The summed E-state index contributed by atoms with van der Waals surface area (Å²) in [6.07, 6.45) is 0. The first-order valence-electron chi connectivity index (χ1n) is 9.76. The number of para-hydroxylation sites is 1. The topological polar surface area (TPSA) is 52.7 Å². The first-order valence-corrected chi connectivity index (χ1v) is 9.76. The van der Waals surface area contributed by atoms with Crippen LogP contribution in [0.5, 0.6) is 0 Å². The average Bonchev–Trinajstić information content (AvgIpc) is 2.80. The van der Waals surface area contributed by atoms with E-state index in [4.69, 9.17) is 0 Å². The van der Waals surface area contributed by atoms with Crippen LogP contribution in [-0.4, -0.2) is 47.9 Å². The number of amides is 3. The normalized spacial score (nSPS) is 13.8. The molecule has 1 aliphatic rings. The van der Waals surface area contributed by atoms with Gasteiger partial charge in [0.05, 0.1) is 0 Å². The summed E-state index contributed by atoms with van der Waals surface area (Å²) >= 11 is 0. The first-order chi connectivity index (χ1) is 14.2. The number of urea groups is 1. The lowest BCUT2D eigenvalue weighted by Crippen LogP contribution is -2.51. The summed E-state index contributed by atoms with van der Waals surface area (Å²) in [5.41, 5.74) is 3.66. The lowest BCUT2D eigenvalue weighted by molar-refractivity contribution is 0.0671. The van der Waals surface area contributed by atoms with Gasteiger partial charge in [-0.15, -0.1) is 0 Å². The SMILES string of the molecule is O=C(Nc1ccccc1)N1CCN(C(=O)c2ccc(-c3ccccc3)cc2)CC1. The molecular formula is C24H23N3O2. The van der Waals surface area contributed by atoms with Gasteiger partial charge in [0.25, 0.3) is 5.91 Å². The number of carbonyl (C=O) groups is 2. The van der Waals surface area contributed by atoms with Crippen LogP contribution in [0.4, 0.5) is 10.5 Å². The molecule has 0 atom stereocenters. The third-order valence-corrected chi connectivity index (χ3v) is 5.12. The molecule has 1 fully saturated rings. The fraction of sp³-hybridized carbons (Fsp3) is 0.167. The molecule has 0 aliphatic carbocycles. The lowest BCUT2D eigenvalue weighted by Gasteiger charge is -2.34. The third-order valence-electron chi connectivity index (χ3n) is 5.12. The Labute approximate surface area is 170 Å². The highest BCUT2D eigenvalue weighted by Crippen LogP contribution is 2.20. The number of nitrogens with one attached hydrogen (secondary N) is 1. The summed E-state index contributed by atoms with van der Waals surface area (Å²) in [6.45, 7) is 2.10. The van der Waals surface area contributed by atoms with Crippen molar-refractivity contribution in [1.82, 2.24) is 9.80 Å². The number of hydrogen-bond acceptors (Lipinski definition) is 2. The van der Waals surface area contributed by atoms with Gasteiger partial charge in [0.2, 0.25) is 0 Å². The summed E-state index contributed by atoms with van der Waals surface area (Å²) in [5, 5.41) is 2.89. The molecule has 3 aromatic rings. The van der Waals surface area contributed by atoms with E-state index in [-0.39, 0.29) is 11.9 Å². The molecule has 0 bridgehead atoms. The van der Waals surface area contributed by atoms with Crippen LogP contribution in [0.2, 0.25) is 0 Å². The second-order valence-corrected chi connectivity index (χ2v) is 7.02. The Morgan fingerprint density at radius 1 is 0.621 bits per heavy atom. The Balaban J connectivity index is 1.33. The van der Waals surface area contributed by atoms with Gasteiger partial charge in [-0.25, -0.2) is 4.79 Å². The van der Waals surface area contributed by atoms with Crippen LogP contribution in [0.15, 0.2) is 84.9 Å². The minimum absolute atomic E-state index is 0.00716. The minimum atomic E-state index is -0.129. The molecule has 4 rings (SSSR count). The van der Waals surface area contributed by atoms with E-state index in [1.54, 1.807) is 4.90 Å². The summed E-state index contributed by atoms with van der Waals surface area (Å²) in [4.78, 5) is 28.8. The van der Waals surface area contributed by atoms with Crippen LogP contribution in [0.25, 0.3) is 11.1 Å². The fourth-order valence-corrected chi connectivity index (χ4v) is 3.46. The van der Waals surface area contributed by atoms with E-state index in [0.717, 1.165) is 16.8 Å². The van der Waals surface area contributed by atoms with E-state index in [1.165, 1.54) is 0 Å². The van der Waals surface area contributed by atoms with Crippen LogP contribution >= 0.6 is 0 Å². The van der Waals surface area contributed by atoms with Crippen molar-refractivity contribution in [2.24, 2.45) is 0 Å². The van der Waals surface area contributed by atoms with Gasteiger partial charge in [-0.2, -0.15) is 0 Å². The quantitative estimate of drug-likeness (QED) is 0.729. The predicted molar refractivity (Wildman–Crippen MR) is 115 cm³/mol. The van der Waals surface area contributed by atoms with E-state index in [9.17, 15) is 9.59 Å². The van der Waals surface area contributed by atoms with Gasteiger partial charge < -0.3 is 15.1 Å². The smallest absolute Gasteiger partial charge is 0.321 e. The lowest BCUT2D eigenvalue weighted by atomic mass is 10.0. The molecule has 0 aromatic heterocycles. The van der Waals surface area contributed by atoms with E-state index < -0.39 is 0 Å². The second-order valence-electron chi connectivity index (χ2n) is 7.02. The molecule has 0 saturated carbocycles. The highest BCUT2D eigenvalue weighted by molar-refractivity contribution is 5.95. The Hall–Kier alpha value is -3.60. The third kappa shape index (κ3) is 4.46. The van der Waals surface area contributed by atoms with Crippen molar-refractivity contribution < 1.29 is 9.59 Å². The van der Waals surface area contributed by atoms with Gasteiger partial charge in [0.1, 0.15) is 0 Å². The molecule has 29 heavy (non-hydrogen) atoms. The average molecular weight is 385 g/mol. The second kappa shape index (κ2) is 8.61. The van der Waals surface area contributed by atoms with Crippen LogP contribution in [0.3, 0.4) is 0 Å². The van der Waals surface area contributed by atoms with Gasteiger partial charge >= 0.3 is 6.03 Å². The fourth-order valence-electron chi connectivity index (χ4n) is 3.46. The zero-order chi connectivity index (χ0) is 20.1. The molecule has 3 aromatic carbocycles. The van der Waals surface area contributed by atoms with Crippen LogP contribution in [0.1, 0.15) is 10.4 Å². The number of rotatable bonds is 3. The zero-order valence-corrected chi connectivity index (χ0v) is 16.1. The summed E-state index contributed by atoms with van der Waals surface area (Å²) < 4.78 is 0. The van der Waals surface area contributed by atoms with Crippen molar-refractivity contribution in [3.05, 3.63) is 90.5 Å². The maximum Gasteiger partial charge on any atom is 0.321 e. The highest BCUT2D eigenvalue weighted by Gasteiger charge is 2.24. The number of benzene rings is 3. The molecule has 1 N–H and O–H groups in total. The van der Waals surface area contributed by atoms with Crippen molar-refractivity contribution >= 4 is 17.6 Å². The van der Waals surface area contributed by atoms with E-state index in [1.807, 2.05) is 77.7 Å². The number of piperazine rings is 1. The standard InChI is InChI=1S/C24H23N3O2/c28-23(21-13-11-20(12-14-21)19-7-3-1-4-8-19)26-15-17-27(18-16-26)24(29)25-22-9-5-2-6-10-22/h1-14H,15-18H2,(H,25,29). The summed E-state index contributed by atoms with van der Waals surface area (Å²) in [7, 11) is 0. The maximum absolute atomic E-state index is 12.8. The van der Waals surface area contributed by atoms with Crippen LogP contribution < -0.4 is 5.32 Å². The summed E-state index contributed by atoms with van der Waals surface area (Å²) in [5.74, 6) is 0.00716. The number of carbonyl (C=O) groups excluding carboxylic acids is 2. The molecule has 5 heteroatoms. The minimum Gasteiger partial charge on any atom is -0.335 e. The summed E-state index contributed by atoms with van der Waals surface area (Å²) in [6, 6.07) is 27.1.